The summed E-state index contributed by atoms with van der Waals surface area (Å²) < 4.78 is 39.0. The zero-order valence-electron chi connectivity index (χ0n) is 11.7. The van der Waals surface area contributed by atoms with Gasteiger partial charge in [0, 0.05) is 19.5 Å². The molecule has 128 valence electrons. The molecule has 0 fully saturated rings. The fourth-order valence-electron chi connectivity index (χ4n) is 2.25. The van der Waals surface area contributed by atoms with Crippen LogP contribution in [-0.2, 0) is 24.1 Å². The Bertz CT molecular complexity index is 603. The van der Waals surface area contributed by atoms with E-state index in [1.54, 1.807) is 0 Å². The van der Waals surface area contributed by atoms with Gasteiger partial charge in [0.15, 0.2) is 5.82 Å². The van der Waals surface area contributed by atoms with E-state index in [1.807, 2.05) is 5.32 Å². The van der Waals surface area contributed by atoms with Crippen LogP contribution in [0.15, 0.2) is 0 Å². The second-order valence-corrected chi connectivity index (χ2v) is 4.92. The Balaban J connectivity index is 2.03. The van der Waals surface area contributed by atoms with Gasteiger partial charge in [0.05, 0.1) is 19.2 Å². The van der Waals surface area contributed by atoms with Gasteiger partial charge in [-0.15, -0.1) is 10.2 Å². The highest BCUT2D eigenvalue weighted by atomic mass is 19.4. The quantitative estimate of drug-likeness (QED) is 0.677. The average molecular weight is 336 g/mol. The largest absolute Gasteiger partial charge is 0.530 e. The molecule has 2 rings (SSSR count). The molecule has 0 saturated heterocycles. The van der Waals surface area contributed by atoms with Crippen LogP contribution in [0.3, 0.4) is 0 Å². The summed E-state index contributed by atoms with van der Waals surface area (Å²) in [5.74, 6) is -1.66. The zero-order valence-corrected chi connectivity index (χ0v) is 11.7. The second-order valence-electron chi connectivity index (χ2n) is 4.92. The van der Waals surface area contributed by atoms with E-state index in [9.17, 15) is 27.9 Å². The predicted molar refractivity (Wildman–Crippen MR) is 64.5 cm³/mol. The number of hydrogen-bond acceptors (Lipinski definition) is 6. The molecule has 9 nitrogen and oxygen atoms in total. The Morgan fingerprint density at radius 3 is 2.61 bits per heavy atom. The van der Waals surface area contributed by atoms with Crippen molar-refractivity contribution >= 4 is 12.0 Å². The lowest BCUT2D eigenvalue weighted by Crippen LogP contribution is -2.48. The first-order valence-electron chi connectivity index (χ1n) is 6.57. The zero-order chi connectivity index (χ0) is 17.2. The van der Waals surface area contributed by atoms with Crippen LogP contribution in [0.1, 0.15) is 18.1 Å². The van der Waals surface area contributed by atoms with Crippen molar-refractivity contribution in [2.24, 2.45) is 0 Å². The number of alkyl halides is 3. The summed E-state index contributed by atoms with van der Waals surface area (Å²) in [5, 5.41) is 27.8. The van der Waals surface area contributed by atoms with Crippen molar-refractivity contribution < 1.29 is 33.0 Å². The molecule has 0 saturated carbocycles. The van der Waals surface area contributed by atoms with Crippen LogP contribution in [-0.4, -0.2) is 56.0 Å². The Hall–Kier alpha value is -2.37. The first-order valence-corrected chi connectivity index (χ1v) is 6.57. The predicted octanol–water partition coefficient (Wildman–Crippen LogP) is -1.68. The van der Waals surface area contributed by atoms with Crippen molar-refractivity contribution in [3.8, 4) is 0 Å². The highest BCUT2D eigenvalue weighted by Crippen LogP contribution is 2.29. The highest BCUT2D eigenvalue weighted by molar-refractivity contribution is 5.77. The summed E-state index contributed by atoms with van der Waals surface area (Å²) >= 11 is 0. The molecule has 2 amide bonds. The monoisotopic (exact) mass is 336 g/mol. The maximum atomic E-state index is 12.7. The number of carbonyl (C=O) groups excluding carboxylic acids is 2. The molecule has 1 atom stereocenters. The molecule has 0 aliphatic carbocycles. The van der Waals surface area contributed by atoms with Crippen LogP contribution in [0.25, 0.3) is 0 Å². The van der Waals surface area contributed by atoms with Crippen molar-refractivity contribution in [3.05, 3.63) is 11.6 Å². The average Bonchev–Trinajstić information content (AvgIpc) is 2.88. The van der Waals surface area contributed by atoms with Gasteiger partial charge in [0.2, 0.25) is 11.7 Å². The van der Waals surface area contributed by atoms with Gasteiger partial charge in [-0.25, -0.2) is 0 Å². The lowest BCUT2D eigenvalue weighted by molar-refractivity contribution is -0.251. The van der Waals surface area contributed by atoms with Gasteiger partial charge >= 0.3 is 6.18 Å². The number of hydrogen-bond donors (Lipinski definition) is 2. The van der Waals surface area contributed by atoms with E-state index >= 15 is 0 Å². The number of carbonyl (C=O) groups is 2. The summed E-state index contributed by atoms with van der Waals surface area (Å²) in [6.45, 7) is -0.912. The van der Waals surface area contributed by atoms with Crippen LogP contribution in [0, 0.1) is 0 Å². The minimum absolute atomic E-state index is 0.00355. The first kappa shape index (κ1) is 17.0. The molecule has 0 aromatic carbocycles. The van der Waals surface area contributed by atoms with Gasteiger partial charge < -0.3 is 29.8 Å². The van der Waals surface area contributed by atoms with Crippen molar-refractivity contribution in [2.75, 3.05) is 13.2 Å². The molecule has 0 spiro atoms. The third-order valence-corrected chi connectivity index (χ3v) is 3.32. The molecule has 0 radical (unpaired) electrons. The SMILES string of the molecule is O=C([O-])NC(CO)CC(=O)N1CCn2c(nnc2C(F)(F)F)C1. The van der Waals surface area contributed by atoms with Gasteiger partial charge in [-0.2, -0.15) is 13.2 Å². The van der Waals surface area contributed by atoms with E-state index in [-0.39, 0.29) is 31.9 Å². The highest BCUT2D eigenvalue weighted by Gasteiger charge is 2.39. The summed E-state index contributed by atoms with van der Waals surface area (Å²) in [7, 11) is 0. The molecular weight excluding hydrogens is 323 g/mol. The van der Waals surface area contributed by atoms with Crippen LogP contribution >= 0.6 is 0 Å². The van der Waals surface area contributed by atoms with Crippen LogP contribution < -0.4 is 10.4 Å². The number of rotatable bonds is 4. The smallest absolute Gasteiger partial charge is 0.451 e. The molecule has 1 aromatic rings. The molecule has 12 heteroatoms. The molecule has 2 N–H and O–H groups in total. The molecule has 2 heterocycles. The van der Waals surface area contributed by atoms with Crippen molar-refractivity contribution in [3.63, 3.8) is 0 Å². The minimum Gasteiger partial charge on any atom is -0.530 e. The van der Waals surface area contributed by atoms with E-state index in [1.165, 1.54) is 4.90 Å². The molecule has 1 aliphatic rings. The van der Waals surface area contributed by atoms with E-state index in [2.05, 4.69) is 10.2 Å². The number of halogens is 3. The number of aliphatic hydroxyl groups excluding tert-OH is 1. The van der Waals surface area contributed by atoms with Crippen molar-refractivity contribution in [1.82, 2.24) is 25.0 Å². The Kier molecular flexibility index (Phi) is 4.73. The minimum atomic E-state index is -4.63. The molecule has 1 unspecified atom stereocenters. The second kappa shape index (κ2) is 6.40. The maximum absolute atomic E-state index is 12.7. The Morgan fingerprint density at radius 1 is 1.35 bits per heavy atom. The van der Waals surface area contributed by atoms with Gasteiger partial charge in [0.1, 0.15) is 6.09 Å². The molecule has 1 aliphatic heterocycles. The number of aliphatic hydroxyl groups is 1. The number of carboxylic acid groups (broad SMARTS) is 1. The lowest BCUT2D eigenvalue weighted by atomic mass is 10.2. The van der Waals surface area contributed by atoms with Crippen molar-refractivity contribution in [1.29, 1.82) is 0 Å². The van der Waals surface area contributed by atoms with Gasteiger partial charge in [-0.3, -0.25) is 4.79 Å². The van der Waals surface area contributed by atoms with E-state index < -0.39 is 36.6 Å². The molecular formula is C11H13F3N5O4-. The van der Waals surface area contributed by atoms with Gasteiger partial charge in [-0.05, 0) is 0 Å². The standard InChI is InChI=1S/C11H14F3N5O4/c12-11(13,14)9-17-16-7-4-18(1-2-19(7)9)8(21)3-6(5-20)15-10(22)23/h6,15,20H,1-5H2,(H,22,23)/p-1. The summed E-state index contributed by atoms with van der Waals surface area (Å²) in [6, 6.07) is -1.04. The molecule has 1 aromatic heterocycles. The van der Waals surface area contributed by atoms with Crippen LogP contribution in [0.2, 0.25) is 0 Å². The van der Waals surface area contributed by atoms with Crippen LogP contribution in [0.4, 0.5) is 18.0 Å². The first-order chi connectivity index (χ1) is 10.7. The van der Waals surface area contributed by atoms with E-state index in [0.29, 0.717) is 0 Å². The third kappa shape index (κ3) is 3.88. The van der Waals surface area contributed by atoms with Crippen LogP contribution in [0.5, 0.6) is 0 Å². The summed E-state index contributed by atoms with van der Waals surface area (Å²) in [6.07, 6.45) is -6.60. The number of nitrogens with zero attached hydrogens (tertiary/aromatic N) is 4. The number of fused-ring (bicyclic) bond motifs is 1. The fraction of sp³-hybridized carbons (Fsp3) is 0.636. The van der Waals surface area contributed by atoms with Crippen molar-refractivity contribution in [2.45, 2.75) is 31.7 Å². The third-order valence-electron chi connectivity index (χ3n) is 3.32. The lowest BCUT2D eigenvalue weighted by Gasteiger charge is -2.29. The maximum Gasteiger partial charge on any atom is 0.451 e. The van der Waals surface area contributed by atoms with E-state index in [0.717, 1.165) is 4.57 Å². The number of aromatic nitrogens is 3. The fourth-order valence-corrected chi connectivity index (χ4v) is 2.25. The summed E-state index contributed by atoms with van der Waals surface area (Å²) in [4.78, 5) is 23.7. The Labute approximate surface area is 127 Å². The van der Waals surface area contributed by atoms with E-state index in [4.69, 9.17) is 5.11 Å². The molecule has 0 bridgehead atoms. The molecule has 23 heavy (non-hydrogen) atoms. The number of nitrogens with one attached hydrogen (secondary N) is 1. The van der Waals surface area contributed by atoms with Gasteiger partial charge in [-0.1, -0.05) is 0 Å². The Morgan fingerprint density at radius 2 is 2.04 bits per heavy atom. The normalized spacial score (nSPS) is 15.9. The topological polar surface area (TPSA) is 123 Å². The van der Waals surface area contributed by atoms with Gasteiger partial charge in [0.25, 0.3) is 0 Å². The summed E-state index contributed by atoms with van der Waals surface area (Å²) in [5.41, 5.74) is 0. The number of amides is 2.